The molecule has 0 aliphatic carbocycles. The maximum atomic E-state index is 14.0. The minimum absolute atomic E-state index is 0.146. The Hall–Kier alpha value is -3.00. The molecule has 0 N–H and O–H groups in total. The lowest BCUT2D eigenvalue weighted by molar-refractivity contribution is -0.128. The van der Waals surface area contributed by atoms with Crippen LogP contribution in [0.25, 0.3) is 6.08 Å². The summed E-state index contributed by atoms with van der Waals surface area (Å²) >= 11 is 1.76. The highest BCUT2D eigenvalue weighted by Crippen LogP contribution is 2.43. The van der Waals surface area contributed by atoms with Crippen molar-refractivity contribution in [2.24, 2.45) is 5.41 Å². The number of piperidine rings is 1. The number of pyridine rings is 1. The molecule has 2 aliphatic heterocycles. The quantitative estimate of drug-likeness (QED) is 0.416. The van der Waals surface area contributed by atoms with Crippen LogP contribution in [0.15, 0.2) is 65.6 Å². The molecule has 2 aromatic heterocycles. The summed E-state index contributed by atoms with van der Waals surface area (Å²) in [4.78, 5) is 27.0. The van der Waals surface area contributed by atoms with Crippen molar-refractivity contribution in [2.75, 3.05) is 56.7 Å². The zero-order valence-corrected chi connectivity index (χ0v) is 23.0. The number of Topliss-reactive ketones (excluding diaryl/α,β-unsaturated/α-hetero) is 1. The van der Waals surface area contributed by atoms with E-state index < -0.39 is 5.41 Å². The van der Waals surface area contributed by atoms with E-state index in [1.54, 1.807) is 11.3 Å². The molecule has 194 valence electrons. The molecular weight excluding hydrogens is 480 g/mol. The SMILES string of the molecule is CN(C)c1ccc(C2/C(=C/c3cccc(N4CCOCC4)n3)C(=O)C(C)(C)CN2Cc2cccs2)cc1. The van der Waals surface area contributed by atoms with Gasteiger partial charge in [-0.15, -0.1) is 11.3 Å². The lowest BCUT2D eigenvalue weighted by atomic mass is 9.74. The van der Waals surface area contributed by atoms with Gasteiger partial charge in [-0.25, -0.2) is 4.98 Å². The average molecular weight is 517 g/mol. The molecule has 3 aromatic rings. The number of ketones is 1. The summed E-state index contributed by atoms with van der Waals surface area (Å²) < 4.78 is 5.52. The number of hydrogen-bond donors (Lipinski definition) is 0. The van der Waals surface area contributed by atoms with Gasteiger partial charge in [-0.2, -0.15) is 0 Å². The Morgan fingerprint density at radius 1 is 1.08 bits per heavy atom. The summed E-state index contributed by atoms with van der Waals surface area (Å²) in [6, 6.07) is 18.8. The number of likely N-dealkylation sites (tertiary alicyclic amines) is 1. The molecule has 7 heteroatoms. The van der Waals surface area contributed by atoms with Gasteiger partial charge >= 0.3 is 0 Å². The molecule has 0 saturated carbocycles. The molecule has 2 saturated heterocycles. The van der Waals surface area contributed by atoms with Crippen LogP contribution in [0.1, 0.15) is 36.0 Å². The summed E-state index contributed by atoms with van der Waals surface area (Å²) in [5, 5.41) is 2.12. The smallest absolute Gasteiger partial charge is 0.167 e. The van der Waals surface area contributed by atoms with E-state index in [1.165, 1.54) is 4.88 Å². The first-order valence-corrected chi connectivity index (χ1v) is 13.8. The third kappa shape index (κ3) is 5.64. The third-order valence-corrected chi connectivity index (χ3v) is 8.05. The summed E-state index contributed by atoms with van der Waals surface area (Å²) in [5.41, 5.74) is 3.39. The largest absolute Gasteiger partial charge is 0.378 e. The number of rotatable bonds is 6. The van der Waals surface area contributed by atoms with E-state index in [9.17, 15) is 4.79 Å². The van der Waals surface area contributed by atoms with Crippen molar-refractivity contribution in [1.29, 1.82) is 0 Å². The zero-order chi connectivity index (χ0) is 26.0. The Bertz CT molecular complexity index is 1240. The number of thiophene rings is 1. The van der Waals surface area contributed by atoms with Crippen LogP contribution in [0.5, 0.6) is 0 Å². The van der Waals surface area contributed by atoms with Gasteiger partial charge in [-0.05, 0) is 47.4 Å². The molecule has 0 spiro atoms. The van der Waals surface area contributed by atoms with Crippen molar-refractivity contribution >= 4 is 34.7 Å². The van der Waals surface area contributed by atoms with Gasteiger partial charge < -0.3 is 14.5 Å². The van der Waals surface area contributed by atoms with Crippen LogP contribution < -0.4 is 9.80 Å². The molecule has 4 heterocycles. The molecule has 0 amide bonds. The fourth-order valence-corrected chi connectivity index (χ4v) is 6.00. The number of benzene rings is 1. The van der Waals surface area contributed by atoms with E-state index in [-0.39, 0.29) is 11.8 Å². The van der Waals surface area contributed by atoms with E-state index in [0.717, 1.165) is 48.0 Å². The van der Waals surface area contributed by atoms with Gasteiger partial charge in [0.05, 0.1) is 24.9 Å². The molecule has 2 aliphatic rings. The molecule has 1 unspecified atom stereocenters. The number of aromatic nitrogens is 1. The van der Waals surface area contributed by atoms with Gasteiger partial charge in [0.2, 0.25) is 0 Å². The van der Waals surface area contributed by atoms with Crippen molar-refractivity contribution in [3.05, 3.63) is 81.7 Å². The van der Waals surface area contributed by atoms with Crippen LogP contribution in [-0.2, 0) is 16.1 Å². The fourth-order valence-electron chi connectivity index (χ4n) is 5.27. The number of carbonyl (C=O) groups excluding carboxylic acids is 1. The Labute approximate surface area is 224 Å². The van der Waals surface area contributed by atoms with Gasteiger partial charge in [0, 0.05) is 61.8 Å². The lowest BCUT2D eigenvalue weighted by Gasteiger charge is -2.44. The summed E-state index contributed by atoms with van der Waals surface area (Å²) in [6.07, 6.45) is 2.03. The Morgan fingerprint density at radius 2 is 1.84 bits per heavy atom. The number of carbonyl (C=O) groups is 1. The normalized spacial score (nSPS) is 21.4. The minimum Gasteiger partial charge on any atom is -0.378 e. The fraction of sp³-hybridized carbons (Fsp3) is 0.400. The van der Waals surface area contributed by atoms with Gasteiger partial charge in [0.15, 0.2) is 5.78 Å². The Balaban J connectivity index is 1.58. The lowest BCUT2D eigenvalue weighted by Crippen LogP contribution is -2.48. The molecule has 5 rings (SSSR count). The van der Waals surface area contributed by atoms with Crippen molar-refractivity contribution in [2.45, 2.75) is 26.4 Å². The van der Waals surface area contributed by atoms with Crippen molar-refractivity contribution in [3.63, 3.8) is 0 Å². The third-order valence-electron chi connectivity index (χ3n) is 7.19. The van der Waals surface area contributed by atoms with E-state index in [2.05, 4.69) is 70.3 Å². The van der Waals surface area contributed by atoms with E-state index >= 15 is 0 Å². The predicted octanol–water partition coefficient (Wildman–Crippen LogP) is 5.28. The Morgan fingerprint density at radius 3 is 2.51 bits per heavy atom. The number of nitrogens with zero attached hydrogens (tertiary/aromatic N) is 4. The van der Waals surface area contributed by atoms with E-state index in [0.29, 0.717) is 19.8 Å². The molecule has 1 aromatic carbocycles. The van der Waals surface area contributed by atoms with Gasteiger partial charge in [0.25, 0.3) is 0 Å². The molecule has 1 atom stereocenters. The number of anilines is 2. The monoisotopic (exact) mass is 516 g/mol. The first-order valence-electron chi connectivity index (χ1n) is 12.9. The second-order valence-electron chi connectivity index (χ2n) is 10.7. The van der Waals surface area contributed by atoms with Crippen LogP contribution in [0, 0.1) is 5.41 Å². The second kappa shape index (κ2) is 10.8. The Kier molecular flexibility index (Phi) is 7.47. The summed E-state index contributed by atoms with van der Waals surface area (Å²) in [6.45, 7) is 8.70. The second-order valence-corrected chi connectivity index (χ2v) is 11.7. The number of ether oxygens (including phenoxy) is 1. The van der Waals surface area contributed by atoms with Crippen LogP contribution in [-0.4, -0.2) is 62.6 Å². The molecule has 0 bridgehead atoms. The van der Waals surface area contributed by atoms with Crippen LogP contribution >= 0.6 is 11.3 Å². The topological polar surface area (TPSA) is 48.9 Å². The molecule has 6 nitrogen and oxygen atoms in total. The van der Waals surface area contributed by atoms with Gasteiger partial charge in [0.1, 0.15) is 5.82 Å². The molecule has 37 heavy (non-hydrogen) atoms. The van der Waals surface area contributed by atoms with Crippen LogP contribution in [0.4, 0.5) is 11.5 Å². The zero-order valence-electron chi connectivity index (χ0n) is 22.2. The maximum Gasteiger partial charge on any atom is 0.167 e. The van der Waals surface area contributed by atoms with Crippen molar-refractivity contribution in [1.82, 2.24) is 9.88 Å². The number of hydrogen-bond acceptors (Lipinski definition) is 7. The first-order chi connectivity index (χ1) is 17.8. The predicted molar refractivity (Wildman–Crippen MR) is 152 cm³/mol. The van der Waals surface area contributed by atoms with Crippen molar-refractivity contribution in [3.8, 4) is 0 Å². The standard InChI is InChI=1S/C30H36N4O2S/c1-30(2)21-34(20-25-8-6-18-37-25)28(22-10-12-24(13-11-22)32(3)4)26(29(30)35)19-23-7-5-9-27(31-23)33-14-16-36-17-15-33/h5-13,18-19,28H,14-17,20-21H2,1-4H3/b26-19-. The summed E-state index contributed by atoms with van der Waals surface area (Å²) in [7, 11) is 4.09. The maximum absolute atomic E-state index is 14.0. The van der Waals surface area contributed by atoms with Gasteiger partial charge in [-0.3, -0.25) is 9.69 Å². The highest BCUT2D eigenvalue weighted by Gasteiger charge is 2.44. The molecule has 2 fully saturated rings. The van der Waals surface area contributed by atoms with Crippen LogP contribution in [0.2, 0.25) is 0 Å². The minimum atomic E-state index is -0.495. The highest BCUT2D eigenvalue weighted by molar-refractivity contribution is 7.09. The van der Waals surface area contributed by atoms with E-state index in [1.807, 2.05) is 38.4 Å². The molecular formula is C30H36N4O2S. The van der Waals surface area contributed by atoms with Crippen LogP contribution in [0.3, 0.4) is 0 Å². The molecule has 0 radical (unpaired) electrons. The summed E-state index contributed by atoms with van der Waals surface area (Å²) in [5.74, 6) is 1.12. The van der Waals surface area contributed by atoms with Gasteiger partial charge in [-0.1, -0.05) is 38.1 Å². The average Bonchev–Trinajstić information content (AvgIpc) is 3.41. The highest BCUT2D eigenvalue weighted by atomic mass is 32.1. The van der Waals surface area contributed by atoms with Crippen molar-refractivity contribution < 1.29 is 9.53 Å². The van der Waals surface area contributed by atoms with E-state index in [4.69, 9.17) is 9.72 Å². The number of morpholine rings is 1. The first kappa shape index (κ1) is 25.6.